The van der Waals surface area contributed by atoms with E-state index in [9.17, 15) is 0 Å². The van der Waals surface area contributed by atoms with E-state index >= 15 is 0 Å². The largest absolute Gasteiger partial charge is 0.0840 e. The highest BCUT2D eigenvalue weighted by Gasteiger charge is 1.98. The fourth-order valence-corrected chi connectivity index (χ4v) is 1.99. The predicted molar refractivity (Wildman–Crippen MR) is 72.6 cm³/mol. The van der Waals surface area contributed by atoms with Crippen LogP contribution in [0, 0.1) is 0 Å². The molecule has 0 saturated carbocycles. The summed E-state index contributed by atoms with van der Waals surface area (Å²) in [6.07, 6.45) is 13.1. The number of allylic oxidation sites excluding steroid dienone is 4. The van der Waals surface area contributed by atoms with Crippen LogP contribution in [0.2, 0.25) is 0 Å². The molecule has 16 heavy (non-hydrogen) atoms. The molecule has 0 heterocycles. The second kappa shape index (κ2) is 7.05. The van der Waals surface area contributed by atoms with Crippen molar-refractivity contribution >= 4 is 0 Å². The molecule has 1 aliphatic rings. The molecule has 0 atom stereocenters. The first-order valence-corrected chi connectivity index (χ1v) is 5.84. The quantitative estimate of drug-likeness (QED) is 0.667. The minimum Gasteiger partial charge on any atom is -0.0840 e. The lowest BCUT2D eigenvalue weighted by Crippen LogP contribution is -1.89. The second-order valence-corrected chi connectivity index (χ2v) is 4.10. The molecule has 0 N–H and O–H groups in total. The lowest BCUT2D eigenvalue weighted by molar-refractivity contribution is 0.812. The normalized spacial score (nSPS) is 14.1. The van der Waals surface area contributed by atoms with E-state index in [0.717, 1.165) is 0 Å². The Morgan fingerprint density at radius 1 is 0.938 bits per heavy atom. The number of hydrogen-bond donors (Lipinski definition) is 0. The van der Waals surface area contributed by atoms with Crippen LogP contribution in [0.5, 0.6) is 0 Å². The van der Waals surface area contributed by atoms with E-state index in [-0.39, 0.29) is 7.43 Å². The van der Waals surface area contributed by atoms with Crippen LogP contribution >= 0.6 is 0 Å². The van der Waals surface area contributed by atoms with E-state index in [1.807, 2.05) is 0 Å². The van der Waals surface area contributed by atoms with Crippen molar-refractivity contribution in [2.24, 2.45) is 0 Å². The zero-order valence-electron chi connectivity index (χ0n) is 9.15. The first-order valence-electron chi connectivity index (χ1n) is 5.84. The fourth-order valence-electron chi connectivity index (χ4n) is 1.99. The minimum absolute atomic E-state index is 0. The molecule has 1 aliphatic carbocycles. The maximum absolute atomic E-state index is 2.38. The van der Waals surface area contributed by atoms with E-state index in [2.05, 4.69) is 48.6 Å². The van der Waals surface area contributed by atoms with Gasteiger partial charge in [-0.15, -0.1) is 0 Å². The summed E-state index contributed by atoms with van der Waals surface area (Å²) >= 11 is 0. The van der Waals surface area contributed by atoms with Gasteiger partial charge in [0.15, 0.2) is 0 Å². The van der Waals surface area contributed by atoms with Gasteiger partial charge in [-0.05, 0) is 37.7 Å². The second-order valence-electron chi connectivity index (χ2n) is 4.10. The van der Waals surface area contributed by atoms with Gasteiger partial charge in [-0.25, -0.2) is 0 Å². The van der Waals surface area contributed by atoms with Crippen molar-refractivity contribution in [2.45, 2.75) is 39.5 Å². The molecular weight excluding hydrogens is 192 g/mol. The molecule has 86 valence electrons. The Labute approximate surface area is 99.7 Å². The standard InChI is InChI=1S/C15H18.CH4/c1-3-8-14(9-4-1)12-7-13-15-10-5-2-6-11-15;/h1,3-5,8-11H,2,6-7,12-13H2;1H4. The third-order valence-corrected chi connectivity index (χ3v) is 2.85. The topological polar surface area (TPSA) is 0 Å². The van der Waals surface area contributed by atoms with E-state index < -0.39 is 0 Å². The highest BCUT2D eigenvalue weighted by molar-refractivity contribution is 5.22. The van der Waals surface area contributed by atoms with Gasteiger partial charge < -0.3 is 0 Å². The van der Waals surface area contributed by atoms with E-state index in [4.69, 9.17) is 0 Å². The molecular formula is C16H22. The molecule has 1 aromatic rings. The monoisotopic (exact) mass is 214 g/mol. The Morgan fingerprint density at radius 2 is 1.75 bits per heavy atom. The summed E-state index contributed by atoms with van der Waals surface area (Å²) in [5.74, 6) is 0. The minimum atomic E-state index is 0. The van der Waals surface area contributed by atoms with Gasteiger partial charge in [0.1, 0.15) is 0 Å². The summed E-state index contributed by atoms with van der Waals surface area (Å²) in [6.45, 7) is 0. The molecule has 0 unspecified atom stereocenters. The fraction of sp³-hybridized carbons (Fsp3) is 0.375. The number of benzene rings is 1. The smallest absolute Gasteiger partial charge is 0.0276 e. The Morgan fingerprint density at radius 3 is 2.44 bits per heavy atom. The predicted octanol–water partition coefficient (Wildman–Crippen LogP) is 4.92. The number of rotatable bonds is 4. The summed E-state index contributed by atoms with van der Waals surface area (Å²) < 4.78 is 0. The molecule has 0 aromatic heterocycles. The number of aryl methyl sites for hydroxylation is 1. The summed E-state index contributed by atoms with van der Waals surface area (Å²) in [4.78, 5) is 0. The van der Waals surface area contributed by atoms with Gasteiger partial charge in [0.25, 0.3) is 0 Å². The first-order chi connectivity index (χ1) is 7.45. The maximum Gasteiger partial charge on any atom is -0.0276 e. The average Bonchev–Trinajstić information content (AvgIpc) is 2.32. The molecule has 0 fully saturated rings. The summed E-state index contributed by atoms with van der Waals surface area (Å²) in [6, 6.07) is 10.7. The molecule has 0 spiro atoms. The zero-order valence-corrected chi connectivity index (χ0v) is 9.15. The molecule has 0 radical (unpaired) electrons. The molecule has 0 aliphatic heterocycles. The van der Waals surface area contributed by atoms with E-state index in [0.29, 0.717) is 0 Å². The van der Waals surface area contributed by atoms with Crippen molar-refractivity contribution < 1.29 is 0 Å². The van der Waals surface area contributed by atoms with Crippen LogP contribution in [-0.4, -0.2) is 0 Å². The van der Waals surface area contributed by atoms with Crippen LogP contribution < -0.4 is 0 Å². The lowest BCUT2D eigenvalue weighted by atomic mass is 10.00. The Kier molecular flexibility index (Phi) is 5.63. The highest BCUT2D eigenvalue weighted by atomic mass is 14.0. The molecule has 1 aromatic carbocycles. The molecule has 0 nitrogen and oxygen atoms in total. The van der Waals surface area contributed by atoms with Crippen molar-refractivity contribution in [3.63, 3.8) is 0 Å². The van der Waals surface area contributed by atoms with Crippen LogP contribution in [0.4, 0.5) is 0 Å². The zero-order chi connectivity index (χ0) is 10.3. The van der Waals surface area contributed by atoms with Crippen LogP contribution in [0.15, 0.2) is 54.1 Å². The van der Waals surface area contributed by atoms with Gasteiger partial charge in [-0.2, -0.15) is 0 Å². The van der Waals surface area contributed by atoms with Crippen molar-refractivity contribution in [3.05, 3.63) is 59.7 Å². The number of hydrogen-bond acceptors (Lipinski definition) is 0. The van der Waals surface area contributed by atoms with Crippen LogP contribution in [-0.2, 0) is 6.42 Å². The van der Waals surface area contributed by atoms with Gasteiger partial charge >= 0.3 is 0 Å². The highest BCUT2D eigenvalue weighted by Crippen LogP contribution is 2.16. The Balaban J connectivity index is 0.00000128. The Bertz CT molecular complexity index is 344. The SMILES string of the molecule is C.C1=CC(CCCc2ccccc2)=CCC1. The lowest BCUT2D eigenvalue weighted by Gasteiger charge is -2.06. The van der Waals surface area contributed by atoms with E-state index in [1.54, 1.807) is 0 Å². The van der Waals surface area contributed by atoms with Crippen LogP contribution in [0.3, 0.4) is 0 Å². The Hall–Kier alpha value is -1.30. The molecule has 0 bridgehead atoms. The van der Waals surface area contributed by atoms with Crippen molar-refractivity contribution in [3.8, 4) is 0 Å². The van der Waals surface area contributed by atoms with Crippen LogP contribution in [0.1, 0.15) is 38.7 Å². The van der Waals surface area contributed by atoms with Gasteiger partial charge in [-0.3, -0.25) is 0 Å². The molecule has 0 amide bonds. The third kappa shape index (κ3) is 4.06. The summed E-state index contributed by atoms with van der Waals surface area (Å²) in [5.41, 5.74) is 2.98. The van der Waals surface area contributed by atoms with Gasteiger partial charge in [0.2, 0.25) is 0 Å². The summed E-state index contributed by atoms with van der Waals surface area (Å²) in [7, 11) is 0. The molecule has 0 heteroatoms. The average molecular weight is 214 g/mol. The third-order valence-electron chi connectivity index (χ3n) is 2.85. The van der Waals surface area contributed by atoms with Crippen molar-refractivity contribution in [2.75, 3.05) is 0 Å². The van der Waals surface area contributed by atoms with Crippen LogP contribution in [0.25, 0.3) is 0 Å². The van der Waals surface area contributed by atoms with Gasteiger partial charge in [0, 0.05) is 0 Å². The summed E-state index contributed by atoms with van der Waals surface area (Å²) in [5, 5.41) is 0. The molecule has 2 rings (SSSR count). The van der Waals surface area contributed by atoms with E-state index in [1.165, 1.54) is 43.2 Å². The van der Waals surface area contributed by atoms with Crippen molar-refractivity contribution in [1.29, 1.82) is 0 Å². The van der Waals surface area contributed by atoms with Crippen molar-refractivity contribution in [1.82, 2.24) is 0 Å². The molecule has 0 saturated heterocycles. The first kappa shape index (κ1) is 12.8. The maximum atomic E-state index is 2.38. The van der Waals surface area contributed by atoms with Gasteiger partial charge in [-0.1, -0.05) is 61.6 Å². The van der Waals surface area contributed by atoms with Gasteiger partial charge in [0.05, 0.1) is 0 Å².